The average molecular weight is 317 g/mol. The summed E-state index contributed by atoms with van der Waals surface area (Å²) in [6.07, 6.45) is 2.04. The molecule has 5 nitrogen and oxygen atoms in total. The summed E-state index contributed by atoms with van der Waals surface area (Å²) in [5, 5.41) is 9.56. The molecule has 0 saturated carbocycles. The van der Waals surface area contributed by atoms with Gasteiger partial charge in [0, 0.05) is 12.1 Å². The van der Waals surface area contributed by atoms with Crippen LogP contribution >= 0.6 is 23.2 Å². The number of benzene rings is 1. The molecule has 0 spiro atoms. The second-order valence-corrected chi connectivity index (χ2v) is 5.52. The quantitative estimate of drug-likeness (QED) is 0.821. The van der Waals surface area contributed by atoms with Gasteiger partial charge in [-0.05, 0) is 31.4 Å². The lowest BCUT2D eigenvalue weighted by molar-refractivity contribution is -0.143. The van der Waals surface area contributed by atoms with Crippen LogP contribution in [0.5, 0.6) is 0 Å². The summed E-state index contributed by atoms with van der Waals surface area (Å²) >= 11 is 11.8. The van der Waals surface area contributed by atoms with Gasteiger partial charge in [-0.1, -0.05) is 23.2 Å². The van der Waals surface area contributed by atoms with Gasteiger partial charge >= 0.3 is 5.97 Å². The number of nitrogens with zero attached hydrogens (tertiary/aromatic N) is 1. The summed E-state index contributed by atoms with van der Waals surface area (Å²) in [5.74, 6) is -1.38. The van der Waals surface area contributed by atoms with Crippen molar-refractivity contribution in [2.75, 3.05) is 12.3 Å². The SMILES string of the molecule is Nc1c(Cl)cc(C(=O)N2CCCC[C@H]2C(=O)O)cc1Cl. The lowest BCUT2D eigenvalue weighted by Crippen LogP contribution is -2.48. The molecule has 7 heteroatoms. The number of nitrogens with two attached hydrogens (primary N) is 1. The molecular formula is C13H14Cl2N2O3. The van der Waals surface area contributed by atoms with Crippen LogP contribution in [0.3, 0.4) is 0 Å². The van der Waals surface area contributed by atoms with Crippen molar-refractivity contribution in [3.63, 3.8) is 0 Å². The Labute approximate surface area is 126 Å². The highest BCUT2D eigenvalue weighted by Gasteiger charge is 2.32. The summed E-state index contributed by atoms with van der Waals surface area (Å²) in [5.41, 5.74) is 6.08. The van der Waals surface area contributed by atoms with Gasteiger partial charge in [0.1, 0.15) is 6.04 Å². The molecule has 1 aromatic carbocycles. The Kier molecular flexibility index (Phi) is 4.40. The van der Waals surface area contributed by atoms with E-state index in [-0.39, 0.29) is 27.2 Å². The molecule has 108 valence electrons. The van der Waals surface area contributed by atoms with E-state index in [1.54, 1.807) is 0 Å². The fraction of sp³-hybridized carbons (Fsp3) is 0.385. The van der Waals surface area contributed by atoms with Crippen molar-refractivity contribution >= 4 is 40.8 Å². The second-order valence-electron chi connectivity index (χ2n) is 4.70. The lowest BCUT2D eigenvalue weighted by Gasteiger charge is -2.33. The van der Waals surface area contributed by atoms with Crippen LogP contribution in [0.2, 0.25) is 10.0 Å². The number of rotatable bonds is 2. The highest BCUT2D eigenvalue weighted by atomic mass is 35.5. The number of likely N-dealkylation sites (tertiary alicyclic amines) is 1. The molecule has 0 aliphatic carbocycles. The van der Waals surface area contributed by atoms with E-state index in [2.05, 4.69) is 0 Å². The first kappa shape index (κ1) is 14.9. The Hall–Kier alpha value is -1.46. The van der Waals surface area contributed by atoms with E-state index in [9.17, 15) is 14.7 Å². The molecule has 2 rings (SSSR count). The summed E-state index contributed by atoms with van der Waals surface area (Å²) in [6, 6.07) is 2.03. The molecular weight excluding hydrogens is 303 g/mol. The summed E-state index contributed by atoms with van der Waals surface area (Å²) in [7, 11) is 0. The van der Waals surface area contributed by atoms with Gasteiger partial charge in [-0.2, -0.15) is 0 Å². The molecule has 1 fully saturated rings. The van der Waals surface area contributed by atoms with Crippen LogP contribution in [-0.2, 0) is 4.79 Å². The standard InChI is InChI=1S/C13H14Cl2N2O3/c14-8-5-7(6-9(15)11(8)16)12(18)17-4-2-1-3-10(17)13(19)20/h5-6,10H,1-4,16H2,(H,19,20)/t10-/m0/s1. The van der Waals surface area contributed by atoms with E-state index >= 15 is 0 Å². The average Bonchev–Trinajstić information content (AvgIpc) is 2.43. The minimum atomic E-state index is -0.995. The molecule has 1 aliphatic rings. The zero-order valence-corrected chi connectivity index (χ0v) is 12.1. The number of anilines is 1. The van der Waals surface area contributed by atoms with Crippen molar-refractivity contribution in [3.8, 4) is 0 Å². The van der Waals surface area contributed by atoms with E-state index in [1.807, 2.05) is 0 Å². The number of carbonyl (C=O) groups is 2. The fourth-order valence-electron chi connectivity index (χ4n) is 2.30. The summed E-state index contributed by atoms with van der Waals surface area (Å²) in [6.45, 7) is 0.412. The molecule has 1 saturated heterocycles. The van der Waals surface area contributed by atoms with Crippen molar-refractivity contribution < 1.29 is 14.7 Å². The third kappa shape index (κ3) is 2.83. The Morgan fingerprint density at radius 3 is 2.40 bits per heavy atom. The van der Waals surface area contributed by atoms with E-state index in [1.165, 1.54) is 17.0 Å². The van der Waals surface area contributed by atoms with Crippen LogP contribution in [0.4, 0.5) is 5.69 Å². The maximum absolute atomic E-state index is 12.4. The van der Waals surface area contributed by atoms with Crippen LogP contribution < -0.4 is 5.73 Å². The Balaban J connectivity index is 2.32. The minimum absolute atomic E-state index is 0.185. The minimum Gasteiger partial charge on any atom is -0.480 e. The zero-order chi connectivity index (χ0) is 14.9. The van der Waals surface area contributed by atoms with Crippen LogP contribution in [0.15, 0.2) is 12.1 Å². The molecule has 3 N–H and O–H groups in total. The predicted molar refractivity (Wildman–Crippen MR) is 77.2 cm³/mol. The van der Waals surface area contributed by atoms with E-state index in [0.29, 0.717) is 13.0 Å². The Morgan fingerprint density at radius 1 is 1.25 bits per heavy atom. The second kappa shape index (κ2) is 5.89. The van der Waals surface area contributed by atoms with E-state index in [0.717, 1.165) is 12.8 Å². The molecule has 1 amide bonds. The molecule has 1 heterocycles. The smallest absolute Gasteiger partial charge is 0.326 e. The van der Waals surface area contributed by atoms with Crippen LogP contribution in [0.1, 0.15) is 29.6 Å². The summed E-state index contributed by atoms with van der Waals surface area (Å²) < 4.78 is 0. The lowest BCUT2D eigenvalue weighted by atomic mass is 10.0. The van der Waals surface area contributed by atoms with Crippen molar-refractivity contribution in [1.82, 2.24) is 4.90 Å². The van der Waals surface area contributed by atoms with E-state index < -0.39 is 12.0 Å². The number of carboxylic acids is 1. The van der Waals surface area contributed by atoms with Crippen LogP contribution in [-0.4, -0.2) is 34.5 Å². The number of aliphatic carboxylic acids is 1. The third-order valence-corrected chi connectivity index (χ3v) is 4.00. The van der Waals surface area contributed by atoms with Crippen LogP contribution in [0.25, 0.3) is 0 Å². The Morgan fingerprint density at radius 2 is 1.85 bits per heavy atom. The van der Waals surface area contributed by atoms with Crippen molar-refractivity contribution in [2.45, 2.75) is 25.3 Å². The highest BCUT2D eigenvalue weighted by molar-refractivity contribution is 6.39. The van der Waals surface area contributed by atoms with Gasteiger partial charge in [0.2, 0.25) is 0 Å². The zero-order valence-electron chi connectivity index (χ0n) is 10.6. The number of halogens is 2. The molecule has 1 aromatic rings. The van der Waals surface area contributed by atoms with Crippen molar-refractivity contribution in [1.29, 1.82) is 0 Å². The van der Waals surface area contributed by atoms with Gasteiger partial charge in [0.05, 0.1) is 15.7 Å². The topological polar surface area (TPSA) is 83.6 Å². The molecule has 1 aliphatic heterocycles. The number of piperidine rings is 1. The third-order valence-electron chi connectivity index (χ3n) is 3.37. The van der Waals surface area contributed by atoms with Gasteiger partial charge in [-0.15, -0.1) is 0 Å². The number of carboxylic acid groups (broad SMARTS) is 1. The number of amides is 1. The van der Waals surface area contributed by atoms with Crippen molar-refractivity contribution in [3.05, 3.63) is 27.7 Å². The van der Waals surface area contributed by atoms with Crippen LogP contribution in [0, 0.1) is 0 Å². The van der Waals surface area contributed by atoms with Gasteiger partial charge in [-0.25, -0.2) is 4.79 Å². The van der Waals surface area contributed by atoms with Gasteiger partial charge in [-0.3, -0.25) is 4.79 Å². The van der Waals surface area contributed by atoms with Gasteiger partial charge in [0.25, 0.3) is 5.91 Å². The Bertz CT molecular complexity index is 540. The number of hydrogen-bond acceptors (Lipinski definition) is 3. The first-order valence-electron chi connectivity index (χ1n) is 6.20. The number of carbonyl (C=O) groups excluding carboxylic acids is 1. The first-order chi connectivity index (χ1) is 9.41. The maximum Gasteiger partial charge on any atom is 0.326 e. The number of nitrogen functional groups attached to an aromatic ring is 1. The predicted octanol–water partition coefficient (Wildman–Crippen LogP) is 2.65. The normalized spacial score (nSPS) is 18.9. The fourth-order valence-corrected chi connectivity index (χ4v) is 2.79. The first-order valence-corrected chi connectivity index (χ1v) is 6.95. The number of hydrogen-bond donors (Lipinski definition) is 2. The molecule has 0 radical (unpaired) electrons. The van der Waals surface area contributed by atoms with Crippen molar-refractivity contribution in [2.24, 2.45) is 0 Å². The molecule has 0 unspecified atom stereocenters. The van der Waals surface area contributed by atoms with Gasteiger partial charge < -0.3 is 15.7 Å². The van der Waals surface area contributed by atoms with E-state index in [4.69, 9.17) is 28.9 Å². The van der Waals surface area contributed by atoms with Gasteiger partial charge in [0.15, 0.2) is 0 Å². The molecule has 0 bridgehead atoms. The molecule has 20 heavy (non-hydrogen) atoms. The maximum atomic E-state index is 12.4. The largest absolute Gasteiger partial charge is 0.480 e. The highest BCUT2D eigenvalue weighted by Crippen LogP contribution is 2.30. The monoisotopic (exact) mass is 316 g/mol. The molecule has 1 atom stereocenters. The summed E-state index contributed by atoms with van der Waals surface area (Å²) in [4.78, 5) is 25.0. The molecule has 0 aromatic heterocycles.